The molecule has 4 rings (SSSR count). The third kappa shape index (κ3) is 5.22. The van der Waals surface area contributed by atoms with Gasteiger partial charge in [-0.2, -0.15) is 13.2 Å². The molecular formula is C22H28F3N5O3. The Hall–Kier alpha value is -2.85. The minimum absolute atomic E-state index is 0.0273. The number of urea groups is 1. The van der Waals surface area contributed by atoms with Gasteiger partial charge < -0.3 is 16.4 Å². The number of carbonyl (C=O) groups is 3. The van der Waals surface area contributed by atoms with Crippen molar-refractivity contribution in [1.29, 1.82) is 0 Å². The Bertz CT molecular complexity index is 915. The Morgan fingerprint density at radius 3 is 2.48 bits per heavy atom. The molecule has 0 bridgehead atoms. The van der Waals surface area contributed by atoms with Gasteiger partial charge in [0.15, 0.2) is 0 Å². The molecule has 1 aromatic rings. The van der Waals surface area contributed by atoms with Crippen molar-refractivity contribution in [2.45, 2.75) is 75.7 Å². The summed E-state index contributed by atoms with van der Waals surface area (Å²) in [6, 6.07) is -1.22. The second kappa shape index (κ2) is 9.18. The summed E-state index contributed by atoms with van der Waals surface area (Å²) in [6.07, 6.45) is 1.45. The van der Waals surface area contributed by atoms with E-state index in [1.165, 1.54) is 6.20 Å². The van der Waals surface area contributed by atoms with Gasteiger partial charge in [-0.05, 0) is 55.7 Å². The summed E-state index contributed by atoms with van der Waals surface area (Å²) < 4.78 is 41.3. The van der Waals surface area contributed by atoms with Crippen LogP contribution in [0, 0.1) is 11.8 Å². The number of anilines is 1. The molecule has 11 heteroatoms. The number of nitrogen functional groups attached to an aromatic ring is 1. The molecule has 4 amide bonds. The van der Waals surface area contributed by atoms with Gasteiger partial charge in [-0.1, -0.05) is 19.3 Å². The number of imide groups is 1. The number of hydrogen-bond donors (Lipinski definition) is 3. The van der Waals surface area contributed by atoms with Crippen molar-refractivity contribution >= 4 is 23.7 Å². The summed E-state index contributed by atoms with van der Waals surface area (Å²) in [5, 5.41) is 4.80. The van der Waals surface area contributed by atoms with Gasteiger partial charge in [0.1, 0.15) is 17.9 Å². The smallest absolute Gasteiger partial charge is 0.384 e. The largest absolute Gasteiger partial charge is 0.408 e. The summed E-state index contributed by atoms with van der Waals surface area (Å²) >= 11 is 0. The van der Waals surface area contributed by atoms with Crippen molar-refractivity contribution in [3.63, 3.8) is 0 Å². The molecule has 2 saturated carbocycles. The van der Waals surface area contributed by atoms with E-state index in [0.717, 1.165) is 19.3 Å². The Labute approximate surface area is 189 Å². The van der Waals surface area contributed by atoms with Crippen molar-refractivity contribution < 1.29 is 27.6 Å². The quantitative estimate of drug-likeness (QED) is 0.556. The number of carbonyl (C=O) groups excluding carboxylic acids is 3. The number of amides is 4. The highest BCUT2D eigenvalue weighted by atomic mass is 19.4. The number of nitrogens with zero attached hydrogens (tertiary/aromatic N) is 2. The molecular weight excluding hydrogens is 439 g/mol. The fraction of sp³-hybridized carbons (Fsp3) is 0.636. The van der Waals surface area contributed by atoms with Crippen molar-refractivity contribution in [3.8, 4) is 0 Å². The number of nitrogens with one attached hydrogen (secondary N) is 2. The lowest BCUT2D eigenvalue weighted by atomic mass is 9.81. The zero-order valence-corrected chi connectivity index (χ0v) is 18.1. The van der Waals surface area contributed by atoms with Gasteiger partial charge in [-0.25, -0.2) is 9.78 Å². The van der Waals surface area contributed by atoms with E-state index in [2.05, 4.69) is 10.3 Å². The van der Waals surface area contributed by atoms with Crippen LogP contribution in [-0.4, -0.2) is 52.0 Å². The molecule has 180 valence electrons. The predicted molar refractivity (Wildman–Crippen MR) is 113 cm³/mol. The number of nitrogens with two attached hydrogens (primary N) is 1. The van der Waals surface area contributed by atoms with Crippen molar-refractivity contribution in [1.82, 2.24) is 20.5 Å². The number of pyridine rings is 1. The summed E-state index contributed by atoms with van der Waals surface area (Å²) in [6.45, 7) is 0. The van der Waals surface area contributed by atoms with Crippen molar-refractivity contribution in [2.75, 3.05) is 5.73 Å². The summed E-state index contributed by atoms with van der Waals surface area (Å²) in [5.74, 6) is -2.57. The SMILES string of the molecule is Nc1cc(C[C@H]2C(=O)N(C(=O)N[C@@H](C3CCCCC3)C(F)(F)F)[C@@H]2C(=O)NC2CC2)ccn1. The van der Waals surface area contributed by atoms with Crippen LogP contribution in [0.5, 0.6) is 0 Å². The number of halogens is 3. The van der Waals surface area contributed by atoms with E-state index in [1.54, 1.807) is 12.1 Å². The van der Waals surface area contributed by atoms with Crippen LogP contribution in [0.25, 0.3) is 0 Å². The molecule has 0 radical (unpaired) electrons. The van der Waals surface area contributed by atoms with Gasteiger partial charge in [0.2, 0.25) is 11.8 Å². The van der Waals surface area contributed by atoms with Crippen LogP contribution in [-0.2, 0) is 16.0 Å². The normalized spacial score (nSPS) is 24.7. The standard InChI is InChI=1S/C22H28F3N5O3/c23-22(24,25)18(13-4-2-1-3-5-13)29-21(33)30-17(19(31)28-14-6-7-14)15(20(30)32)10-12-8-9-27-16(26)11-12/h8-9,11,13-15,17-18H,1-7,10H2,(H2,26,27)(H,28,31)(H,29,33)/t15-,17+,18+/m1/s1. The Kier molecular flexibility index (Phi) is 6.49. The molecule has 4 N–H and O–H groups in total. The van der Waals surface area contributed by atoms with Gasteiger partial charge in [0, 0.05) is 12.2 Å². The lowest BCUT2D eigenvalue weighted by Gasteiger charge is -2.45. The first-order chi connectivity index (χ1) is 15.6. The summed E-state index contributed by atoms with van der Waals surface area (Å²) in [7, 11) is 0. The highest BCUT2D eigenvalue weighted by molar-refractivity contribution is 6.09. The topological polar surface area (TPSA) is 117 Å². The maximum absolute atomic E-state index is 13.8. The highest BCUT2D eigenvalue weighted by Crippen LogP contribution is 2.36. The average Bonchev–Trinajstić information content (AvgIpc) is 3.57. The van der Waals surface area contributed by atoms with E-state index in [9.17, 15) is 27.6 Å². The van der Waals surface area contributed by atoms with Gasteiger partial charge in [-0.15, -0.1) is 0 Å². The molecule has 0 spiro atoms. The highest BCUT2D eigenvalue weighted by Gasteiger charge is 2.56. The van der Waals surface area contributed by atoms with Crippen LogP contribution in [0.15, 0.2) is 18.3 Å². The van der Waals surface area contributed by atoms with Crippen LogP contribution in [0.1, 0.15) is 50.5 Å². The van der Waals surface area contributed by atoms with Crippen LogP contribution in [0.2, 0.25) is 0 Å². The molecule has 1 aromatic heterocycles. The Morgan fingerprint density at radius 1 is 1.18 bits per heavy atom. The number of β-lactam (4-membered cyclic amide) rings is 1. The van der Waals surface area contributed by atoms with Crippen LogP contribution < -0.4 is 16.4 Å². The monoisotopic (exact) mass is 467 g/mol. The molecule has 0 aromatic carbocycles. The average molecular weight is 467 g/mol. The number of alkyl halides is 3. The number of aromatic nitrogens is 1. The first kappa shape index (κ1) is 23.3. The third-order valence-electron chi connectivity index (χ3n) is 6.68. The van der Waals surface area contributed by atoms with Crippen molar-refractivity contribution in [2.24, 2.45) is 11.8 Å². The molecule has 2 heterocycles. The maximum Gasteiger partial charge on any atom is 0.408 e. The van der Waals surface area contributed by atoms with E-state index < -0.39 is 47.9 Å². The second-order valence-corrected chi connectivity index (χ2v) is 9.20. The number of likely N-dealkylation sites (tertiary alicyclic amines) is 1. The summed E-state index contributed by atoms with van der Waals surface area (Å²) in [4.78, 5) is 43.1. The fourth-order valence-corrected chi connectivity index (χ4v) is 4.80. The van der Waals surface area contributed by atoms with E-state index in [4.69, 9.17) is 5.73 Å². The molecule has 0 unspecified atom stereocenters. The first-order valence-corrected chi connectivity index (χ1v) is 11.4. The molecule has 3 aliphatic rings. The Morgan fingerprint density at radius 2 is 1.88 bits per heavy atom. The molecule has 33 heavy (non-hydrogen) atoms. The first-order valence-electron chi connectivity index (χ1n) is 11.4. The molecule has 3 atom stereocenters. The van der Waals surface area contributed by atoms with Gasteiger partial charge in [0.05, 0.1) is 5.92 Å². The molecule has 2 aliphatic carbocycles. The zero-order chi connectivity index (χ0) is 23.8. The minimum Gasteiger partial charge on any atom is -0.384 e. The molecule has 3 fully saturated rings. The summed E-state index contributed by atoms with van der Waals surface area (Å²) in [5.41, 5.74) is 6.34. The van der Waals surface area contributed by atoms with E-state index in [1.807, 2.05) is 5.32 Å². The van der Waals surface area contributed by atoms with Gasteiger partial charge >= 0.3 is 12.2 Å². The van der Waals surface area contributed by atoms with Crippen LogP contribution >= 0.6 is 0 Å². The second-order valence-electron chi connectivity index (χ2n) is 9.20. The van der Waals surface area contributed by atoms with Crippen LogP contribution in [0.3, 0.4) is 0 Å². The lowest BCUT2D eigenvalue weighted by molar-refractivity contribution is -0.170. The maximum atomic E-state index is 13.8. The van der Waals surface area contributed by atoms with Crippen molar-refractivity contribution in [3.05, 3.63) is 23.9 Å². The fourth-order valence-electron chi connectivity index (χ4n) is 4.80. The molecule has 1 saturated heterocycles. The Balaban J connectivity index is 1.51. The van der Waals surface area contributed by atoms with Gasteiger partial charge in [0.25, 0.3) is 0 Å². The van der Waals surface area contributed by atoms with E-state index >= 15 is 0 Å². The predicted octanol–water partition coefficient (Wildman–Crippen LogP) is 2.53. The van der Waals surface area contributed by atoms with E-state index in [-0.39, 0.29) is 18.3 Å². The van der Waals surface area contributed by atoms with E-state index in [0.29, 0.717) is 36.1 Å². The molecule has 8 nitrogen and oxygen atoms in total. The third-order valence-corrected chi connectivity index (χ3v) is 6.68. The minimum atomic E-state index is -4.65. The zero-order valence-electron chi connectivity index (χ0n) is 18.1. The molecule has 1 aliphatic heterocycles. The van der Waals surface area contributed by atoms with Gasteiger partial charge in [-0.3, -0.25) is 14.5 Å². The lowest BCUT2D eigenvalue weighted by Crippen LogP contribution is -2.71. The number of rotatable bonds is 6. The number of hydrogen-bond acceptors (Lipinski definition) is 5. The van der Waals surface area contributed by atoms with Crippen LogP contribution in [0.4, 0.5) is 23.8 Å².